The number of hydrogen-bond acceptors (Lipinski definition) is 6. The summed E-state index contributed by atoms with van der Waals surface area (Å²) in [6.45, 7) is 2.14. The summed E-state index contributed by atoms with van der Waals surface area (Å²) in [5.41, 5.74) is 0.0499. The van der Waals surface area contributed by atoms with Crippen LogP contribution in [0.3, 0.4) is 0 Å². The number of benzene rings is 1. The van der Waals surface area contributed by atoms with Crippen LogP contribution in [0.5, 0.6) is 5.88 Å². The molecule has 0 saturated carbocycles. The van der Waals surface area contributed by atoms with Crippen LogP contribution in [-0.4, -0.2) is 54.7 Å². The average molecular weight is 432 g/mol. The number of halogens is 3. The highest BCUT2D eigenvalue weighted by Gasteiger charge is 2.34. The van der Waals surface area contributed by atoms with Crippen LogP contribution in [0.2, 0.25) is 0 Å². The van der Waals surface area contributed by atoms with Crippen LogP contribution >= 0.6 is 0 Å². The molecule has 162 valence electrons. The Balaban J connectivity index is 1.53. The number of pyridine rings is 1. The van der Waals surface area contributed by atoms with E-state index in [0.29, 0.717) is 24.1 Å². The molecule has 4 rings (SSSR count). The first-order chi connectivity index (χ1) is 14.8. The van der Waals surface area contributed by atoms with Crippen molar-refractivity contribution in [1.29, 1.82) is 0 Å². The van der Waals surface area contributed by atoms with Crippen LogP contribution in [0.15, 0.2) is 48.9 Å². The number of rotatable bonds is 4. The highest BCUT2D eigenvalue weighted by atomic mass is 19.4. The Morgan fingerprint density at radius 3 is 2.74 bits per heavy atom. The Labute approximate surface area is 175 Å². The lowest BCUT2D eigenvalue weighted by Gasteiger charge is -2.38. The fourth-order valence-electron chi connectivity index (χ4n) is 3.53. The second-order valence-corrected chi connectivity index (χ2v) is 7.25. The van der Waals surface area contributed by atoms with Crippen LogP contribution in [0.4, 0.5) is 13.2 Å². The lowest BCUT2D eigenvalue weighted by Crippen LogP contribution is -2.49. The number of carbonyl (C=O) groups is 1. The molecule has 1 saturated heterocycles. The number of likely N-dealkylation sites (tertiary alicyclic amines) is 1. The molecule has 0 bridgehead atoms. The fourth-order valence-corrected chi connectivity index (χ4v) is 3.53. The maximum atomic E-state index is 13.3. The van der Waals surface area contributed by atoms with E-state index in [1.807, 2.05) is 6.92 Å². The van der Waals surface area contributed by atoms with Gasteiger partial charge in [0.25, 0.3) is 5.91 Å². The lowest BCUT2D eigenvalue weighted by atomic mass is 9.99. The number of tetrazole rings is 1. The molecule has 1 fully saturated rings. The zero-order valence-corrected chi connectivity index (χ0v) is 16.5. The van der Waals surface area contributed by atoms with Crippen molar-refractivity contribution in [1.82, 2.24) is 30.1 Å². The average Bonchev–Trinajstić information content (AvgIpc) is 3.29. The fraction of sp³-hybridized carbons (Fsp3) is 0.350. The van der Waals surface area contributed by atoms with Gasteiger partial charge in [0.1, 0.15) is 11.8 Å². The second kappa shape index (κ2) is 8.32. The van der Waals surface area contributed by atoms with Crippen molar-refractivity contribution in [2.45, 2.75) is 38.1 Å². The smallest absolute Gasteiger partial charge is 0.416 e. The van der Waals surface area contributed by atoms with Crippen molar-refractivity contribution in [3.63, 3.8) is 0 Å². The molecular formula is C20H19F3N6O2. The summed E-state index contributed by atoms with van der Waals surface area (Å²) in [5.74, 6) is -0.361. The Bertz CT molecular complexity index is 1060. The standard InChI is InChI=1S/C20H19F3N6O2/c1-13-6-7-15(31-18-10-14(8-9-24-18)20(21,22)23)11-28(13)19(30)16-4-2-3-5-17(16)29-26-12-25-27-29/h2-5,8-10,12-13,15H,6-7,11H2,1H3/t13-,15-/m1/s1. The molecule has 1 aliphatic rings. The lowest BCUT2D eigenvalue weighted by molar-refractivity contribution is -0.137. The third-order valence-corrected chi connectivity index (χ3v) is 5.15. The van der Waals surface area contributed by atoms with Gasteiger partial charge in [-0.15, -0.1) is 15.0 Å². The molecule has 2 aromatic heterocycles. The monoisotopic (exact) mass is 432 g/mol. The minimum Gasteiger partial charge on any atom is -0.472 e. The predicted octanol–water partition coefficient (Wildman–Crippen LogP) is 3.15. The number of amides is 1. The van der Waals surface area contributed by atoms with E-state index in [1.165, 1.54) is 11.1 Å². The Kier molecular flexibility index (Phi) is 5.57. The van der Waals surface area contributed by atoms with E-state index in [9.17, 15) is 18.0 Å². The molecule has 1 aromatic carbocycles. The Hall–Kier alpha value is -3.50. The molecule has 1 aliphatic heterocycles. The number of ether oxygens (including phenoxy) is 1. The summed E-state index contributed by atoms with van der Waals surface area (Å²) in [6.07, 6.45) is -1.39. The zero-order chi connectivity index (χ0) is 22.0. The normalized spacial score (nSPS) is 19.3. The molecule has 31 heavy (non-hydrogen) atoms. The van der Waals surface area contributed by atoms with Gasteiger partial charge in [0, 0.05) is 18.3 Å². The van der Waals surface area contributed by atoms with Gasteiger partial charge in [-0.05, 0) is 43.2 Å². The highest BCUT2D eigenvalue weighted by molar-refractivity contribution is 5.98. The third kappa shape index (κ3) is 4.49. The summed E-state index contributed by atoms with van der Waals surface area (Å²) in [5, 5.41) is 11.5. The van der Waals surface area contributed by atoms with Gasteiger partial charge in [-0.2, -0.15) is 13.2 Å². The quantitative estimate of drug-likeness (QED) is 0.630. The van der Waals surface area contributed by atoms with Crippen molar-refractivity contribution in [2.75, 3.05) is 6.54 Å². The zero-order valence-electron chi connectivity index (χ0n) is 16.5. The van der Waals surface area contributed by atoms with E-state index < -0.39 is 17.8 Å². The summed E-state index contributed by atoms with van der Waals surface area (Å²) in [6, 6.07) is 8.58. The third-order valence-electron chi connectivity index (χ3n) is 5.15. The van der Waals surface area contributed by atoms with Crippen LogP contribution in [0, 0.1) is 0 Å². The first-order valence-corrected chi connectivity index (χ1v) is 9.66. The molecule has 0 aliphatic carbocycles. The number of piperidine rings is 1. The van der Waals surface area contributed by atoms with E-state index in [4.69, 9.17) is 4.74 Å². The van der Waals surface area contributed by atoms with Crippen molar-refractivity contribution >= 4 is 5.91 Å². The Morgan fingerprint density at radius 2 is 2.00 bits per heavy atom. The Morgan fingerprint density at radius 1 is 1.19 bits per heavy atom. The molecule has 2 atom stereocenters. The predicted molar refractivity (Wildman–Crippen MR) is 103 cm³/mol. The van der Waals surface area contributed by atoms with E-state index >= 15 is 0 Å². The van der Waals surface area contributed by atoms with Crippen LogP contribution in [0.1, 0.15) is 35.7 Å². The molecule has 3 aromatic rings. The van der Waals surface area contributed by atoms with Crippen LogP contribution in [-0.2, 0) is 6.18 Å². The summed E-state index contributed by atoms with van der Waals surface area (Å²) in [7, 11) is 0. The number of hydrogen-bond donors (Lipinski definition) is 0. The highest BCUT2D eigenvalue weighted by Crippen LogP contribution is 2.31. The minimum atomic E-state index is -4.48. The number of carbonyl (C=O) groups excluding carboxylic acids is 1. The molecule has 0 unspecified atom stereocenters. The van der Waals surface area contributed by atoms with Crippen molar-refractivity contribution in [3.8, 4) is 11.6 Å². The number of para-hydroxylation sites is 1. The largest absolute Gasteiger partial charge is 0.472 e. The summed E-state index contributed by atoms with van der Waals surface area (Å²) < 4.78 is 44.6. The maximum Gasteiger partial charge on any atom is 0.416 e. The van der Waals surface area contributed by atoms with Gasteiger partial charge in [-0.3, -0.25) is 4.79 Å². The number of alkyl halides is 3. The molecule has 8 nitrogen and oxygen atoms in total. The van der Waals surface area contributed by atoms with Crippen LogP contribution in [0.25, 0.3) is 5.69 Å². The van der Waals surface area contributed by atoms with Crippen molar-refractivity contribution < 1.29 is 22.7 Å². The van der Waals surface area contributed by atoms with Gasteiger partial charge in [0.05, 0.1) is 17.7 Å². The molecule has 0 spiro atoms. The molecule has 3 heterocycles. The van der Waals surface area contributed by atoms with Crippen LogP contribution < -0.4 is 4.74 Å². The molecule has 0 N–H and O–H groups in total. The first-order valence-electron chi connectivity index (χ1n) is 9.66. The molecule has 11 heteroatoms. The number of aromatic nitrogens is 5. The van der Waals surface area contributed by atoms with Gasteiger partial charge in [-0.1, -0.05) is 12.1 Å². The van der Waals surface area contributed by atoms with Gasteiger partial charge < -0.3 is 9.64 Å². The molecule has 1 amide bonds. The minimum absolute atomic E-state index is 0.0708. The van der Waals surface area contributed by atoms with E-state index in [0.717, 1.165) is 18.3 Å². The van der Waals surface area contributed by atoms with Crippen molar-refractivity contribution in [3.05, 3.63) is 60.0 Å². The first kappa shape index (κ1) is 20.8. The van der Waals surface area contributed by atoms with Crippen molar-refractivity contribution in [2.24, 2.45) is 0 Å². The second-order valence-electron chi connectivity index (χ2n) is 7.25. The SMILES string of the molecule is C[C@@H]1CC[C@@H](Oc2cc(C(F)(F)F)ccn2)CN1C(=O)c1ccccc1-n1ncnn1. The van der Waals surface area contributed by atoms with E-state index in [1.54, 1.807) is 29.2 Å². The summed E-state index contributed by atoms with van der Waals surface area (Å²) in [4.78, 5) is 20.1. The molecular weight excluding hydrogens is 413 g/mol. The van der Waals surface area contributed by atoms with E-state index in [-0.39, 0.29) is 24.4 Å². The van der Waals surface area contributed by atoms with Gasteiger partial charge in [-0.25, -0.2) is 4.98 Å². The van der Waals surface area contributed by atoms with Gasteiger partial charge in [0.2, 0.25) is 5.88 Å². The van der Waals surface area contributed by atoms with E-state index in [2.05, 4.69) is 20.4 Å². The molecule has 0 radical (unpaired) electrons. The van der Waals surface area contributed by atoms with Gasteiger partial charge in [0.15, 0.2) is 6.33 Å². The maximum absolute atomic E-state index is 13.3. The number of nitrogens with zero attached hydrogens (tertiary/aromatic N) is 6. The topological polar surface area (TPSA) is 86.0 Å². The van der Waals surface area contributed by atoms with Gasteiger partial charge >= 0.3 is 6.18 Å². The summed E-state index contributed by atoms with van der Waals surface area (Å²) >= 11 is 0.